The second-order valence-corrected chi connectivity index (χ2v) is 7.05. The summed E-state index contributed by atoms with van der Waals surface area (Å²) in [7, 11) is 0. The van der Waals surface area contributed by atoms with Crippen molar-refractivity contribution in [1.29, 1.82) is 0 Å². The molecular weight excluding hydrogens is 368 g/mol. The normalized spacial score (nSPS) is 17.0. The zero-order valence-corrected chi connectivity index (χ0v) is 15.3. The molecule has 1 aliphatic rings. The van der Waals surface area contributed by atoms with Crippen LogP contribution in [0, 0.1) is 17.6 Å². The van der Waals surface area contributed by atoms with Gasteiger partial charge in [0.15, 0.2) is 11.5 Å². The van der Waals surface area contributed by atoms with Crippen LogP contribution in [-0.4, -0.2) is 21.9 Å². The number of benzene rings is 2. The van der Waals surface area contributed by atoms with E-state index in [1.807, 2.05) is 13.8 Å². The first-order valence-corrected chi connectivity index (χ1v) is 8.74. The number of nitrogens with zero attached hydrogens (tertiary/aromatic N) is 1. The monoisotopic (exact) mass is 387 g/mol. The van der Waals surface area contributed by atoms with Crippen LogP contribution in [0.4, 0.5) is 14.5 Å². The maximum atomic E-state index is 14.4. The molecule has 0 aliphatic carbocycles. The van der Waals surface area contributed by atoms with Crippen molar-refractivity contribution in [3.05, 3.63) is 71.0 Å². The fraction of sp³-hybridized carbons (Fsp3) is 0.238. The van der Waals surface area contributed by atoms with Gasteiger partial charge in [-0.05, 0) is 35.7 Å². The van der Waals surface area contributed by atoms with Gasteiger partial charge in [0.1, 0.15) is 17.4 Å². The molecule has 2 N–H and O–H groups in total. The average molecular weight is 387 g/mol. The Bertz CT molecular complexity index is 984. The Balaban J connectivity index is 2.19. The number of phenols is 1. The third kappa shape index (κ3) is 3.47. The SMILES string of the molecule is CC(C)CC(=O)C1=C(O)C(=O)N(c2ccc(F)cc2F)C1c1cccc(O)c1. The van der Waals surface area contributed by atoms with Gasteiger partial charge in [-0.3, -0.25) is 14.5 Å². The molecular formula is C21H19F2NO4. The summed E-state index contributed by atoms with van der Waals surface area (Å²) in [6, 6.07) is 7.31. The molecule has 0 bridgehead atoms. The number of anilines is 1. The van der Waals surface area contributed by atoms with E-state index in [1.54, 1.807) is 6.07 Å². The van der Waals surface area contributed by atoms with Gasteiger partial charge < -0.3 is 10.2 Å². The van der Waals surface area contributed by atoms with Crippen LogP contribution in [0.2, 0.25) is 0 Å². The first-order valence-electron chi connectivity index (χ1n) is 8.74. The largest absolute Gasteiger partial charge is 0.508 e. The van der Waals surface area contributed by atoms with Crippen molar-refractivity contribution in [2.24, 2.45) is 5.92 Å². The average Bonchev–Trinajstić information content (AvgIpc) is 2.86. The zero-order chi connectivity index (χ0) is 20.6. The molecule has 28 heavy (non-hydrogen) atoms. The molecule has 5 nitrogen and oxygen atoms in total. The van der Waals surface area contributed by atoms with Crippen molar-refractivity contribution in [3.63, 3.8) is 0 Å². The predicted molar refractivity (Wildman–Crippen MR) is 98.8 cm³/mol. The molecule has 1 amide bonds. The molecule has 146 valence electrons. The van der Waals surface area contributed by atoms with E-state index in [-0.39, 0.29) is 29.3 Å². The highest BCUT2D eigenvalue weighted by molar-refractivity contribution is 6.16. The highest BCUT2D eigenvalue weighted by atomic mass is 19.1. The number of aliphatic hydroxyl groups excluding tert-OH is 1. The van der Waals surface area contributed by atoms with E-state index in [0.29, 0.717) is 11.6 Å². The van der Waals surface area contributed by atoms with E-state index >= 15 is 0 Å². The summed E-state index contributed by atoms with van der Waals surface area (Å²) in [5, 5.41) is 20.3. The number of carbonyl (C=O) groups excluding carboxylic acids is 2. The van der Waals surface area contributed by atoms with Crippen LogP contribution in [0.15, 0.2) is 53.8 Å². The summed E-state index contributed by atoms with van der Waals surface area (Å²) in [5.74, 6) is -4.19. The van der Waals surface area contributed by atoms with Crippen molar-refractivity contribution in [1.82, 2.24) is 0 Å². The molecule has 0 aromatic heterocycles. The molecule has 3 rings (SSSR count). The molecule has 0 saturated carbocycles. The molecule has 1 unspecified atom stereocenters. The maximum absolute atomic E-state index is 14.4. The summed E-state index contributed by atoms with van der Waals surface area (Å²) in [6.07, 6.45) is 0.0712. The fourth-order valence-electron chi connectivity index (χ4n) is 3.31. The maximum Gasteiger partial charge on any atom is 0.294 e. The van der Waals surface area contributed by atoms with Crippen molar-refractivity contribution in [2.45, 2.75) is 26.3 Å². The second-order valence-electron chi connectivity index (χ2n) is 7.05. The van der Waals surface area contributed by atoms with Crippen LogP contribution in [0.5, 0.6) is 5.75 Å². The first-order chi connectivity index (χ1) is 13.2. The molecule has 0 fully saturated rings. The van der Waals surface area contributed by atoms with Crippen LogP contribution in [0.3, 0.4) is 0 Å². The third-order valence-electron chi connectivity index (χ3n) is 4.46. The molecule has 0 spiro atoms. The van der Waals surface area contributed by atoms with Gasteiger partial charge in [-0.25, -0.2) is 8.78 Å². The number of Topliss-reactive ketones (excluding diaryl/α,β-unsaturated/α-hetero) is 1. The Morgan fingerprint density at radius 1 is 1.14 bits per heavy atom. The number of ketones is 1. The molecule has 2 aromatic rings. The van der Waals surface area contributed by atoms with E-state index in [9.17, 15) is 28.6 Å². The van der Waals surface area contributed by atoms with E-state index in [4.69, 9.17) is 0 Å². The third-order valence-corrected chi connectivity index (χ3v) is 4.46. The Morgan fingerprint density at radius 2 is 1.86 bits per heavy atom. The van der Waals surface area contributed by atoms with Gasteiger partial charge in [0.05, 0.1) is 17.3 Å². The molecule has 1 atom stereocenters. The van der Waals surface area contributed by atoms with Crippen LogP contribution in [0.25, 0.3) is 0 Å². The van der Waals surface area contributed by atoms with Crippen LogP contribution >= 0.6 is 0 Å². The Morgan fingerprint density at radius 3 is 2.46 bits per heavy atom. The molecule has 0 radical (unpaired) electrons. The summed E-state index contributed by atoms with van der Waals surface area (Å²) in [5.41, 5.74) is -0.139. The highest BCUT2D eigenvalue weighted by Crippen LogP contribution is 2.43. The first kappa shape index (κ1) is 19.5. The number of aromatic hydroxyl groups is 1. The van der Waals surface area contributed by atoms with Crippen molar-refractivity contribution < 1.29 is 28.6 Å². The number of halogens is 2. The second kappa shape index (κ2) is 7.42. The minimum atomic E-state index is -1.15. The molecule has 2 aromatic carbocycles. The van der Waals surface area contributed by atoms with E-state index in [2.05, 4.69) is 0 Å². The number of phenolic OH excluding ortho intramolecular Hbond substituents is 1. The lowest BCUT2D eigenvalue weighted by atomic mass is 9.92. The fourth-order valence-corrected chi connectivity index (χ4v) is 3.31. The van der Waals surface area contributed by atoms with Crippen molar-refractivity contribution >= 4 is 17.4 Å². The quantitative estimate of drug-likeness (QED) is 0.807. The molecule has 1 aliphatic heterocycles. The number of hydrogen-bond donors (Lipinski definition) is 2. The lowest BCUT2D eigenvalue weighted by Crippen LogP contribution is -2.32. The topological polar surface area (TPSA) is 77.8 Å². The molecule has 7 heteroatoms. The van der Waals surface area contributed by atoms with Crippen LogP contribution < -0.4 is 4.90 Å². The molecule has 1 heterocycles. The Labute approximate surface area is 160 Å². The molecule has 0 saturated heterocycles. The summed E-state index contributed by atoms with van der Waals surface area (Å²) < 4.78 is 27.8. The van der Waals surface area contributed by atoms with E-state index in [0.717, 1.165) is 17.0 Å². The smallest absolute Gasteiger partial charge is 0.294 e. The van der Waals surface area contributed by atoms with Gasteiger partial charge in [-0.2, -0.15) is 0 Å². The van der Waals surface area contributed by atoms with Gasteiger partial charge in [0, 0.05) is 12.5 Å². The van der Waals surface area contributed by atoms with Crippen molar-refractivity contribution in [3.8, 4) is 5.75 Å². The lowest BCUT2D eigenvalue weighted by Gasteiger charge is -2.27. The lowest BCUT2D eigenvalue weighted by molar-refractivity contribution is -0.118. The standard InChI is InChI=1S/C21H19F2NO4/c1-11(2)8-17(26)18-19(12-4-3-5-14(25)9-12)24(21(28)20(18)27)16-7-6-13(22)10-15(16)23/h3-7,9-11,19,25,27H,8H2,1-2H3. The van der Waals surface area contributed by atoms with E-state index in [1.165, 1.54) is 18.2 Å². The van der Waals surface area contributed by atoms with E-state index < -0.39 is 35.1 Å². The summed E-state index contributed by atoms with van der Waals surface area (Å²) in [4.78, 5) is 26.4. The van der Waals surface area contributed by atoms with Gasteiger partial charge in [-0.1, -0.05) is 26.0 Å². The number of rotatable bonds is 5. The zero-order valence-electron chi connectivity index (χ0n) is 15.3. The van der Waals surface area contributed by atoms with Gasteiger partial charge >= 0.3 is 0 Å². The minimum Gasteiger partial charge on any atom is -0.508 e. The number of amides is 1. The number of aliphatic hydroxyl groups is 1. The Kier molecular flexibility index (Phi) is 5.18. The predicted octanol–water partition coefficient (Wildman–Crippen LogP) is 4.19. The van der Waals surface area contributed by atoms with Crippen molar-refractivity contribution in [2.75, 3.05) is 4.90 Å². The van der Waals surface area contributed by atoms with Gasteiger partial charge in [0.2, 0.25) is 0 Å². The minimum absolute atomic E-state index is 0.0377. The number of hydrogen-bond acceptors (Lipinski definition) is 4. The van der Waals surface area contributed by atoms with Crippen LogP contribution in [-0.2, 0) is 9.59 Å². The highest BCUT2D eigenvalue weighted by Gasteiger charge is 2.45. The van der Waals surface area contributed by atoms with Gasteiger partial charge in [0.25, 0.3) is 5.91 Å². The van der Waals surface area contributed by atoms with Crippen LogP contribution in [0.1, 0.15) is 31.9 Å². The Hall–Kier alpha value is -3.22. The number of carbonyl (C=O) groups is 2. The van der Waals surface area contributed by atoms with Gasteiger partial charge in [-0.15, -0.1) is 0 Å². The summed E-state index contributed by atoms with van der Waals surface area (Å²) in [6.45, 7) is 3.63. The summed E-state index contributed by atoms with van der Waals surface area (Å²) >= 11 is 0.